The summed E-state index contributed by atoms with van der Waals surface area (Å²) in [6.45, 7) is 7.32. The van der Waals surface area contributed by atoms with E-state index in [9.17, 15) is 10.1 Å². The molecule has 4 rings (SSSR count). The Balaban J connectivity index is 1.69. The number of anilines is 4. The number of nitriles is 1. The van der Waals surface area contributed by atoms with E-state index in [0.717, 1.165) is 28.4 Å². The molecule has 0 saturated heterocycles. The molecule has 0 spiro atoms. The van der Waals surface area contributed by atoms with Crippen LogP contribution in [0.1, 0.15) is 51.3 Å². The molecule has 2 aromatic carbocycles. The molecule has 0 fully saturated rings. The predicted octanol–water partition coefficient (Wildman–Crippen LogP) is 6.32. The molecule has 0 saturated carbocycles. The van der Waals surface area contributed by atoms with Crippen molar-refractivity contribution in [2.75, 3.05) is 36.7 Å². The number of nitrogens with one attached hydrogen (secondary N) is 2. The third-order valence-electron chi connectivity index (χ3n) is 6.86. The van der Waals surface area contributed by atoms with E-state index in [4.69, 9.17) is 9.47 Å². The van der Waals surface area contributed by atoms with Crippen molar-refractivity contribution in [1.82, 2.24) is 14.8 Å². The maximum Gasteiger partial charge on any atom is 0.306 e. The van der Waals surface area contributed by atoms with Crippen molar-refractivity contribution in [3.8, 4) is 11.8 Å². The summed E-state index contributed by atoms with van der Waals surface area (Å²) in [6.07, 6.45) is 0.0866. The number of halogens is 1. The number of esters is 1. The minimum absolute atomic E-state index is 0.0463. The lowest BCUT2D eigenvalue weighted by molar-refractivity contribution is -0.155. The van der Waals surface area contributed by atoms with Gasteiger partial charge in [-0.15, -0.1) is 0 Å². The van der Waals surface area contributed by atoms with Crippen LogP contribution in [0.2, 0.25) is 0 Å². The number of aromatic nitrogens is 3. The zero-order chi connectivity index (χ0) is 31.5. The standard InChI is InChI=1S/C32H38FN7O3/c1-19(15-27(41)43-32(2,3)4)28(20-9-12-23(42-8)13-10-20)36-30-25(33)16-21(18-34)29(37-30)35-22-11-14-26-24(17-22)31(39(5)6)38-40(26)7/h9-14,16-17,19,28H,15H2,1-8H3,(H2,35,36,37)/t19-,28+/m1/s1. The summed E-state index contributed by atoms with van der Waals surface area (Å²) in [5.74, 6) is 0.219. The molecule has 2 atom stereocenters. The van der Waals surface area contributed by atoms with Gasteiger partial charge in [-0.3, -0.25) is 9.48 Å². The zero-order valence-electron chi connectivity index (χ0n) is 25.8. The Labute approximate surface area is 251 Å². The number of benzene rings is 2. The summed E-state index contributed by atoms with van der Waals surface area (Å²) in [4.78, 5) is 19.1. The van der Waals surface area contributed by atoms with E-state index < -0.39 is 17.5 Å². The number of nitrogens with zero attached hydrogens (tertiary/aromatic N) is 5. The van der Waals surface area contributed by atoms with Crippen molar-refractivity contribution in [3.05, 3.63) is 65.5 Å². The van der Waals surface area contributed by atoms with Crippen molar-refractivity contribution < 1.29 is 18.7 Å². The molecule has 226 valence electrons. The lowest BCUT2D eigenvalue weighted by atomic mass is 9.91. The van der Waals surface area contributed by atoms with Gasteiger partial charge in [0.1, 0.15) is 17.4 Å². The van der Waals surface area contributed by atoms with Crippen LogP contribution in [0.5, 0.6) is 5.75 Å². The summed E-state index contributed by atoms with van der Waals surface area (Å²) >= 11 is 0. The summed E-state index contributed by atoms with van der Waals surface area (Å²) < 4.78 is 28.1. The van der Waals surface area contributed by atoms with Gasteiger partial charge in [0.15, 0.2) is 23.3 Å². The summed E-state index contributed by atoms with van der Waals surface area (Å²) in [5, 5.41) is 21.7. The highest BCUT2D eigenvalue weighted by atomic mass is 19.1. The number of rotatable bonds is 10. The Kier molecular flexibility index (Phi) is 9.09. The third kappa shape index (κ3) is 7.33. The molecule has 10 nitrogen and oxygen atoms in total. The fourth-order valence-corrected chi connectivity index (χ4v) is 4.84. The van der Waals surface area contributed by atoms with Crippen molar-refractivity contribution in [2.45, 2.75) is 45.8 Å². The molecule has 0 aliphatic rings. The molecule has 11 heteroatoms. The van der Waals surface area contributed by atoms with Crippen molar-refractivity contribution in [1.29, 1.82) is 5.26 Å². The smallest absolute Gasteiger partial charge is 0.306 e. The van der Waals surface area contributed by atoms with Crippen LogP contribution in [0.25, 0.3) is 10.9 Å². The molecular formula is C32H38FN7O3. The van der Waals surface area contributed by atoms with Crippen molar-refractivity contribution in [3.63, 3.8) is 0 Å². The summed E-state index contributed by atoms with van der Waals surface area (Å²) in [6, 6.07) is 15.7. The first-order valence-corrected chi connectivity index (χ1v) is 13.9. The Morgan fingerprint density at radius 3 is 2.44 bits per heavy atom. The first-order chi connectivity index (χ1) is 20.3. The number of hydrogen-bond donors (Lipinski definition) is 2. The summed E-state index contributed by atoms with van der Waals surface area (Å²) in [5.41, 5.74) is 1.81. The molecule has 0 aliphatic heterocycles. The largest absolute Gasteiger partial charge is 0.497 e. The molecule has 43 heavy (non-hydrogen) atoms. The Bertz CT molecular complexity index is 1650. The van der Waals surface area contributed by atoms with Gasteiger partial charge in [0.05, 0.1) is 30.7 Å². The number of hydrogen-bond acceptors (Lipinski definition) is 9. The van der Waals surface area contributed by atoms with E-state index in [1.807, 2.05) is 90.1 Å². The van der Waals surface area contributed by atoms with E-state index in [1.54, 1.807) is 23.9 Å². The van der Waals surface area contributed by atoms with Crippen LogP contribution in [0.15, 0.2) is 48.5 Å². The van der Waals surface area contributed by atoms with Gasteiger partial charge in [-0.2, -0.15) is 10.4 Å². The number of aryl methyl sites for hydroxylation is 1. The SMILES string of the molecule is COc1ccc([C@@H](Nc2nc(Nc3ccc4c(c3)c(N(C)C)nn4C)c(C#N)cc2F)[C@H](C)CC(=O)OC(C)(C)C)cc1. The van der Waals surface area contributed by atoms with E-state index in [2.05, 4.69) is 20.7 Å². The summed E-state index contributed by atoms with van der Waals surface area (Å²) in [7, 11) is 7.28. The topological polar surface area (TPSA) is 117 Å². The van der Waals surface area contributed by atoms with Crippen LogP contribution in [-0.2, 0) is 16.6 Å². The van der Waals surface area contributed by atoms with Gasteiger partial charge in [-0.05, 0) is 68.7 Å². The van der Waals surface area contributed by atoms with Crippen molar-refractivity contribution >= 4 is 40.0 Å². The van der Waals surface area contributed by atoms with E-state index in [-0.39, 0.29) is 35.5 Å². The van der Waals surface area contributed by atoms with Gasteiger partial charge in [0.2, 0.25) is 0 Å². The minimum atomic E-state index is -0.692. The highest BCUT2D eigenvalue weighted by Crippen LogP contribution is 2.34. The highest BCUT2D eigenvalue weighted by molar-refractivity contribution is 5.93. The first-order valence-electron chi connectivity index (χ1n) is 13.9. The molecule has 0 aliphatic carbocycles. The minimum Gasteiger partial charge on any atom is -0.497 e. The van der Waals surface area contributed by atoms with Crippen LogP contribution >= 0.6 is 0 Å². The fraction of sp³-hybridized carbons (Fsp3) is 0.375. The Morgan fingerprint density at radius 2 is 1.84 bits per heavy atom. The average Bonchev–Trinajstić information content (AvgIpc) is 3.27. The van der Waals surface area contributed by atoms with Gasteiger partial charge < -0.3 is 25.0 Å². The molecule has 2 N–H and O–H groups in total. The number of carbonyl (C=O) groups excluding carboxylic acids is 1. The second-order valence-corrected chi connectivity index (χ2v) is 11.7. The zero-order valence-corrected chi connectivity index (χ0v) is 25.8. The molecule has 0 radical (unpaired) electrons. The fourth-order valence-electron chi connectivity index (χ4n) is 4.84. The number of fused-ring (bicyclic) bond motifs is 1. The van der Waals surface area contributed by atoms with Gasteiger partial charge in [-0.1, -0.05) is 19.1 Å². The first kappa shape index (κ1) is 31.1. The molecule has 2 aromatic heterocycles. The lowest BCUT2D eigenvalue weighted by Crippen LogP contribution is -2.28. The Hall–Kier alpha value is -4.85. The monoisotopic (exact) mass is 587 g/mol. The van der Waals surface area contributed by atoms with Crippen LogP contribution in [0, 0.1) is 23.1 Å². The molecule has 2 heterocycles. The van der Waals surface area contributed by atoms with Gasteiger partial charge in [0.25, 0.3) is 0 Å². The van der Waals surface area contributed by atoms with Crippen LogP contribution in [0.4, 0.5) is 27.5 Å². The van der Waals surface area contributed by atoms with Gasteiger partial charge in [0, 0.05) is 32.2 Å². The van der Waals surface area contributed by atoms with Crippen molar-refractivity contribution in [2.24, 2.45) is 13.0 Å². The number of methoxy groups -OCH3 is 1. The molecule has 4 aromatic rings. The second-order valence-electron chi connectivity index (χ2n) is 11.7. The quantitative estimate of drug-likeness (QED) is 0.206. The second kappa shape index (κ2) is 12.6. The maximum absolute atomic E-state index is 15.4. The molecule has 0 bridgehead atoms. The van der Waals surface area contributed by atoms with E-state index in [1.165, 1.54) is 0 Å². The molecule has 0 amide bonds. The number of ether oxygens (including phenoxy) is 2. The van der Waals surface area contributed by atoms with Gasteiger partial charge >= 0.3 is 5.97 Å². The van der Waals surface area contributed by atoms with E-state index in [0.29, 0.717) is 11.4 Å². The molecule has 0 unspecified atom stereocenters. The third-order valence-corrected chi connectivity index (χ3v) is 6.86. The average molecular weight is 588 g/mol. The van der Waals surface area contributed by atoms with Gasteiger partial charge in [-0.25, -0.2) is 9.37 Å². The molecular weight excluding hydrogens is 549 g/mol. The lowest BCUT2D eigenvalue weighted by Gasteiger charge is -2.28. The highest BCUT2D eigenvalue weighted by Gasteiger charge is 2.27. The van der Waals surface area contributed by atoms with Crippen LogP contribution < -0.4 is 20.3 Å². The predicted molar refractivity (Wildman–Crippen MR) is 166 cm³/mol. The normalized spacial score (nSPS) is 12.7. The number of carbonyl (C=O) groups is 1. The van der Waals surface area contributed by atoms with E-state index >= 15 is 4.39 Å². The maximum atomic E-state index is 15.4. The Morgan fingerprint density at radius 1 is 1.14 bits per heavy atom. The van der Waals surface area contributed by atoms with Crippen LogP contribution in [-0.4, -0.2) is 47.5 Å². The number of pyridine rings is 1. The van der Waals surface area contributed by atoms with Crippen LogP contribution in [0.3, 0.4) is 0 Å².